The fourth-order valence-electron chi connectivity index (χ4n) is 5.38. The quantitative estimate of drug-likeness (QED) is 0.732. The monoisotopic (exact) mass is 448 g/mol. The highest BCUT2D eigenvalue weighted by Gasteiger charge is 2.28. The van der Waals surface area contributed by atoms with Crippen LogP contribution in [0, 0.1) is 0 Å². The van der Waals surface area contributed by atoms with Gasteiger partial charge in [0.15, 0.2) is 0 Å². The zero-order valence-electron chi connectivity index (χ0n) is 19.8. The van der Waals surface area contributed by atoms with Crippen LogP contribution in [0.2, 0.25) is 0 Å². The van der Waals surface area contributed by atoms with Crippen molar-refractivity contribution in [3.8, 4) is 0 Å². The Morgan fingerprint density at radius 1 is 1.09 bits per heavy atom. The van der Waals surface area contributed by atoms with Crippen molar-refractivity contribution in [3.63, 3.8) is 0 Å². The lowest BCUT2D eigenvalue weighted by Crippen LogP contribution is -2.37. The van der Waals surface area contributed by atoms with Gasteiger partial charge in [-0.15, -0.1) is 0 Å². The van der Waals surface area contributed by atoms with Crippen molar-refractivity contribution >= 4 is 11.7 Å². The average molecular weight is 449 g/mol. The molecule has 2 saturated heterocycles. The van der Waals surface area contributed by atoms with Crippen LogP contribution in [0.25, 0.3) is 0 Å². The number of anilines is 1. The van der Waals surface area contributed by atoms with Gasteiger partial charge < -0.3 is 15.5 Å². The van der Waals surface area contributed by atoms with Gasteiger partial charge in [0.25, 0.3) is 5.91 Å². The molecule has 0 aliphatic carbocycles. The Morgan fingerprint density at radius 2 is 1.91 bits per heavy atom. The molecule has 176 valence electrons. The maximum atomic E-state index is 13.3. The molecule has 5 rings (SSSR count). The van der Waals surface area contributed by atoms with Crippen molar-refractivity contribution in [3.05, 3.63) is 52.5 Å². The summed E-state index contributed by atoms with van der Waals surface area (Å²) in [5, 5.41) is 6.73. The van der Waals surface area contributed by atoms with Crippen LogP contribution in [0.3, 0.4) is 0 Å². The lowest BCUT2D eigenvalue weighted by molar-refractivity contribution is 0.0733. The number of amides is 1. The summed E-state index contributed by atoms with van der Waals surface area (Å²) in [4.78, 5) is 27.5. The summed E-state index contributed by atoms with van der Waals surface area (Å²) >= 11 is 0. The summed E-state index contributed by atoms with van der Waals surface area (Å²) in [6.45, 7) is 6.63. The van der Waals surface area contributed by atoms with Crippen LogP contribution >= 0.6 is 0 Å². The van der Waals surface area contributed by atoms with Crippen molar-refractivity contribution in [2.75, 3.05) is 45.1 Å². The average Bonchev–Trinajstić information content (AvgIpc) is 2.89. The van der Waals surface area contributed by atoms with Crippen LogP contribution in [-0.4, -0.2) is 65.4 Å². The smallest absolute Gasteiger partial charge is 0.254 e. The van der Waals surface area contributed by atoms with Crippen LogP contribution in [0.5, 0.6) is 0 Å². The standard InChI is InChI=1S/C26H36N6O/c1-27-25-22-18-32(15-11-23(22)29-24(30-25)21-6-5-12-28-16-21)26(33)20-9-7-19(8-10-20)17-31-13-3-2-4-14-31/h7-10,21,28H,2-6,11-18H2,1H3,(H,27,29,30)/t21-/m0/s1. The minimum atomic E-state index is 0.0905. The first-order valence-electron chi connectivity index (χ1n) is 12.6. The number of hydrogen-bond donors (Lipinski definition) is 2. The highest BCUT2D eigenvalue weighted by molar-refractivity contribution is 5.94. The van der Waals surface area contributed by atoms with E-state index in [2.05, 4.69) is 27.7 Å². The predicted molar refractivity (Wildman–Crippen MR) is 130 cm³/mol. The van der Waals surface area contributed by atoms with E-state index in [0.717, 1.165) is 60.9 Å². The first kappa shape index (κ1) is 22.3. The molecule has 0 spiro atoms. The molecule has 7 heteroatoms. The normalized spacial score (nSPS) is 21.5. The first-order valence-corrected chi connectivity index (χ1v) is 12.6. The van der Waals surface area contributed by atoms with E-state index in [4.69, 9.17) is 9.97 Å². The molecule has 3 aliphatic heterocycles. The Balaban J connectivity index is 1.27. The van der Waals surface area contributed by atoms with Crippen LogP contribution in [0.4, 0.5) is 5.82 Å². The van der Waals surface area contributed by atoms with E-state index in [-0.39, 0.29) is 5.91 Å². The maximum absolute atomic E-state index is 13.3. The lowest BCUT2D eigenvalue weighted by atomic mass is 9.97. The number of rotatable bonds is 5. The SMILES string of the molecule is CNc1nc([C@H]2CCCNC2)nc2c1CN(C(=O)c1ccc(CN3CCCCC3)cc1)CC2. The van der Waals surface area contributed by atoms with Crippen molar-refractivity contribution in [1.29, 1.82) is 0 Å². The molecule has 0 bridgehead atoms. The third kappa shape index (κ3) is 5.04. The van der Waals surface area contributed by atoms with Gasteiger partial charge in [-0.3, -0.25) is 9.69 Å². The topological polar surface area (TPSA) is 73.4 Å². The number of hydrogen-bond acceptors (Lipinski definition) is 6. The lowest BCUT2D eigenvalue weighted by Gasteiger charge is -2.31. The van der Waals surface area contributed by atoms with Gasteiger partial charge in [-0.25, -0.2) is 9.97 Å². The number of carbonyl (C=O) groups excluding carboxylic acids is 1. The molecule has 1 aromatic heterocycles. The van der Waals surface area contributed by atoms with E-state index in [1.54, 1.807) is 0 Å². The summed E-state index contributed by atoms with van der Waals surface area (Å²) in [5.41, 5.74) is 4.20. The van der Waals surface area contributed by atoms with Crippen molar-refractivity contribution in [2.45, 2.75) is 57.5 Å². The number of nitrogens with one attached hydrogen (secondary N) is 2. The number of nitrogens with zero attached hydrogens (tertiary/aromatic N) is 4. The van der Waals surface area contributed by atoms with Gasteiger partial charge in [0, 0.05) is 50.1 Å². The molecule has 4 heterocycles. The molecule has 0 radical (unpaired) electrons. The minimum Gasteiger partial charge on any atom is -0.373 e. The molecule has 1 amide bonds. The zero-order chi connectivity index (χ0) is 22.6. The fourth-order valence-corrected chi connectivity index (χ4v) is 5.38. The summed E-state index contributed by atoms with van der Waals surface area (Å²) in [6, 6.07) is 8.22. The number of fused-ring (bicyclic) bond motifs is 1. The molecule has 0 saturated carbocycles. The minimum absolute atomic E-state index is 0.0905. The molecule has 33 heavy (non-hydrogen) atoms. The van der Waals surface area contributed by atoms with Gasteiger partial charge in [-0.2, -0.15) is 0 Å². The van der Waals surface area contributed by atoms with Crippen LogP contribution in [0.1, 0.15) is 71.0 Å². The Kier molecular flexibility index (Phi) is 6.88. The molecule has 2 fully saturated rings. The summed E-state index contributed by atoms with van der Waals surface area (Å²) < 4.78 is 0. The third-order valence-electron chi connectivity index (χ3n) is 7.32. The molecule has 1 atom stereocenters. The molecule has 7 nitrogen and oxygen atoms in total. The van der Waals surface area contributed by atoms with Gasteiger partial charge in [-0.1, -0.05) is 18.6 Å². The highest BCUT2D eigenvalue weighted by Crippen LogP contribution is 2.29. The van der Waals surface area contributed by atoms with E-state index < -0.39 is 0 Å². The fraction of sp³-hybridized carbons (Fsp3) is 0.577. The molecule has 3 aliphatic rings. The van der Waals surface area contributed by atoms with Gasteiger partial charge in [0.2, 0.25) is 0 Å². The Labute approximate surface area is 197 Å². The van der Waals surface area contributed by atoms with E-state index >= 15 is 0 Å². The number of piperidine rings is 2. The Bertz CT molecular complexity index is 946. The Hall–Kier alpha value is -2.51. The second-order valence-electron chi connectivity index (χ2n) is 9.66. The van der Waals surface area contributed by atoms with Gasteiger partial charge >= 0.3 is 0 Å². The zero-order valence-corrected chi connectivity index (χ0v) is 19.8. The summed E-state index contributed by atoms with van der Waals surface area (Å²) in [5.74, 6) is 2.27. The number of likely N-dealkylation sites (tertiary alicyclic amines) is 1. The molecule has 1 aromatic carbocycles. The maximum Gasteiger partial charge on any atom is 0.254 e. The molecule has 0 unspecified atom stereocenters. The second kappa shape index (κ2) is 10.2. The third-order valence-corrected chi connectivity index (χ3v) is 7.32. The van der Waals surface area contributed by atoms with Crippen molar-refractivity contribution < 1.29 is 4.79 Å². The predicted octanol–water partition coefficient (Wildman–Crippen LogP) is 3.17. The van der Waals surface area contributed by atoms with Crippen molar-refractivity contribution in [2.24, 2.45) is 0 Å². The van der Waals surface area contributed by atoms with Crippen LogP contribution in [-0.2, 0) is 19.5 Å². The van der Waals surface area contributed by atoms with E-state index in [1.807, 2.05) is 24.1 Å². The van der Waals surface area contributed by atoms with Gasteiger partial charge in [0.1, 0.15) is 11.6 Å². The number of benzene rings is 1. The van der Waals surface area contributed by atoms with Crippen molar-refractivity contribution in [1.82, 2.24) is 25.1 Å². The molecule has 2 N–H and O–H groups in total. The van der Waals surface area contributed by atoms with E-state index in [0.29, 0.717) is 19.0 Å². The Morgan fingerprint density at radius 3 is 2.64 bits per heavy atom. The molecular weight excluding hydrogens is 412 g/mol. The van der Waals surface area contributed by atoms with E-state index in [9.17, 15) is 4.79 Å². The van der Waals surface area contributed by atoms with Gasteiger partial charge in [-0.05, 0) is 63.0 Å². The summed E-state index contributed by atoms with van der Waals surface area (Å²) in [7, 11) is 1.91. The largest absolute Gasteiger partial charge is 0.373 e. The summed E-state index contributed by atoms with van der Waals surface area (Å²) in [6.07, 6.45) is 7.02. The number of aromatic nitrogens is 2. The van der Waals surface area contributed by atoms with Gasteiger partial charge in [0.05, 0.1) is 12.2 Å². The molecule has 2 aromatic rings. The van der Waals surface area contributed by atoms with E-state index in [1.165, 1.54) is 44.3 Å². The van der Waals surface area contributed by atoms with Crippen LogP contribution < -0.4 is 10.6 Å². The second-order valence-corrected chi connectivity index (χ2v) is 9.66. The van der Waals surface area contributed by atoms with Crippen LogP contribution in [0.15, 0.2) is 24.3 Å². The first-order chi connectivity index (χ1) is 16.2. The molecular formula is C26H36N6O. The number of carbonyl (C=O) groups is 1. The highest BCUT2D eigenvalue weighted by atomic mass is 16.2.